The number of hydrogen-bond donors (Lipinski definition) is 1. The lowest BCUT2D eigenvalue weighted by atomic mass is 10.4. The third-order valence-corrected chi connectivity index (χ3v) is 7.97. The van der Waals surface area contributed by atoms with Crippen molar-refractivity contribution < 1.29 is 9.36 Å². The van der Waals surface area contributed by atoms with Crippen molar-refractivity contribution in [3.05, 3.63) is 0 Å². The van der Waals surface area contributed by atoms with Gasteiger partial charge >= 0.3 is 0 Å². The van der Waals surface area contributed by atoms with Gasteiger partial charge < -0.3 is 0 Å². The van der Waals surface area contributed by atoms with Crippen molar-refractivity contribution in [2.45, 2.75) is 31.9 Å². The molecule has 1 N–H and O–H groups in total. The number of rotatable bonds is 6. The Hall–Kier alpha value is -0.430. The molecule has 0 rings (SSSR count). The molecule has 0 aliphatic carbocycles. The van der Waals surface area contributed by atoms with Gasteiger partial charge in [0.15, 0.2) is 0 Å². The summed E-state index contributed by atoms with van der Waals surface area (Å²) in [5.41, 5.74) is 0. The molecule has 2 unspecified atom stereocenters. The SMILES string of the molecule is C#CCC(=O)N(C)P(=O)(NC)SC(C)CC. The van der Waals surface area contributed by atoms with Crippen LogP contribution < -0.4 is 5.09 Å². The molecule has 1 amide bonds. The average Bonchev–Trinajstić information content (AvgIpc) is 2.27. The fraction of sp³-hybridized carbons (Fsp3) is 0.700. The van der Waals surface area contributed by atoms with Crippen molar-refractivity contribution in [1.29, 1.82) is 0 Å². The van der Waals surface area contributed by atoms with E-state index in [4.69, 9.17) is 6.42 Å². The van der Waals surface area contributed by atoms with Gasteiger partial charge in [0, 0.05) is 12.3 Å². The first-order chi connectivity index (χ1) is 7.41. The number of amides is 1. The van der Waals surface area contributed by atoms with E-state index >= 15 is 0 Å². The Morgan fingerprint density at radius 1 is 1.69 bits per heavy atom. The lowest BCUT2D eigenvalue weighted by Gasteiger charge is -2.28. The van der Waals surface area contributed by atoms with Gasteiger partial charge in [0.2, 0.25) is 5.91 Å². The van der Waals surface area contributed by atoms with E-state index < -0.39 is 6.65 Å². The molecular formula is C10H19N2O2PS. The normalized spacial score (nSPS) is 15.9. The highest BCUT2D eigenvalue weighted by atomic mass is 32.7. The fourth-order valence-corrected chi connectivity index (χ4v) is 5.41. The number of nitrogens with one attached hydrogen (secondary N) is 1. The Kier molecular flexibility index (Phi) is 6.82. The standard InChI is InChI=1S/C10H19N2O2PS/c1-6-8-10(13)12(5)15(14,11-4)16-9(3)7-2/h1,9H,7-8H2,2-5H3,(H,11,14). The smallest absolute Gasteiger partial charge is 0.275 e. The maximum Gasteiger partial charge on any atom is 0.294 e. The summed E-state index contributed by atoms with van der Waals surface area (Å²) in [6.07, 6.45) is 5.94. The summed E-state index contributed by atoms with van der Waals surface area (Å²) in [5.74, 6) is 1.97. The van der Waals surface area contributed by atoms with Crippen LogP contribution in [0.3, 0.4) is 0 Å². The predicted octanol–water partition coefficient (Wildman–Crippen LogP) is 2.33. The zero-order valence-corrected chi connectivity index (χ0v) is 11.9. The van der Waals surface area contributed by atoms with Crippen molar-refractivity contribution in [1.82, 2.24) is 9.76 Å². The lowest BCUT2D eigenvalue weighted by molar-refractivity contribution is -0.124. The molecule has 16 heavy (non-hydrogen) atoms. The minimum atomic E-state index is -2.89. The van der Waals surface area contributed by atoms with Gasteiger partial charge in [-0.25, -0.2) is 5.09 Å². The maximum atomic E-state index is 12.5. The molecule has 2 atom stereocenters. The first kappa shape index (κ1) is 15.6. The molecular weight excluding hydrogens is 243 g/mol. The Labute approximate surface area is 102 Å². The van der Waals surface area contributed by atoms with Crippen molar-refractivity contribution in [2.75, 3.05) is 14.1 Å². The Morgan fingerprint density at radius 3 is 2.62 bits per heavy atom. The Morgan fingerprint density at radius 2 is 2.25 bits per heavy atom. The Balaban J connectivity index is 4.76. The number of nitrogens with zero attached hydrogens (tertiary/aromatic N) is 1. The average molecular weight is 262 g/mol. The number of terminal acetylenes is 1. The third-order valence-electron chi connectivity index (χ3n) is 2.19. The van der Waals surface area contributed by atoms with Gasteiger partial charge in [-0.3, -0.25) is 14.0 Å². The molecule has 92 valence electrons. The molecule has 0 bridgehead atoms. The summed E-state index contributed by atoms with van der Waals surface area (Å²) >= 11 is 1.29. The highest BCUT2D eigenvalue weighted by Crippen LogP contribution is 2.59. The van der Waals surface area contributed by atoms with E-state index in [1.807, 2.05) is 13.8 Å². The van der Waals surface area contributed by atoms with E-state index in [2.05, 4.69) is 11.0 Å². The first-order valence-corrected chi connectivity index (χ1v) is 8.23. The van der Waals surface area contributed by atoms with Crippen LogP contribution in [0, 0.1) is 12.3 Å². The minimum Gasteiger partial charge on any atom is -0.275 e. The van der Waals surface area contributed by atoms with E-state index in [1.165, 1.54) is 23.1 Å². The highest BCUT2D eigenvalue weighted by molar-refractivity contribution is 8.57. The molecule has 0 saturated carbocycles. The molecule has 0 aliphatic rings. The largest absolute Gasteiger partial charge is 0.294 e. The van der Waals surface area contributed by atoms with Gasteiger partial charge in [-0.2, -0.15) is 0 Å². The Bertz CT molecular complexity index is 327. The first-order valence-electron chi connectivity index (χ1n) is 5.09. The van der Waals surface area contributed by atoms with Gasteiger partial charge in [-0.15, -0.1) is 6.42 Å². The number of hydrogen-bond acceptors (Lipinski definition) is 3. The van der Waals surface area contributed by atoms with Crippen LogP contribution in [-0.4, -0.2) is 29.9 Å². The molecule has 0 heterocycles. The van der Waals surface area contributed by atoms with E-state index in [9.17, 15) is 9.36 Å². The van der Waals surface area contributed by atoms with E-state index in [1.54, 1.807) is 7.05 Å². The molecule has 0 fully saturated rings. The molecule has 0 saturated heterocycles. The zero-order chi connectivity index (χ0) is 12.8. The van der Waals surface area contributed by atoms with Crippen LogP contribution in [0.2, 0.25) is 0 Å². The molecule has 0 aromatic heterocycles. The fourth-order valence-electron chi connectivity index (χ4n) is 0.940. The van der Waals surface area contributed by atoms with Crippen molar-refractivity contribution in [3.63, 3.8) is 0 Å². The van der Waals surface area contributed by atoms with Crippen LogP contribution in [0.15, 0.2) is 0 Å². The number of carbonyl (C=O) groups is 1. The summed E-state index contributed by atoms with van der Waals surface area (Å²) in [7, 11) is 3.11. The minimum absolute atomic E-state index is 0.0246. The van der Waals surface area contributed by atoms with Crippen molar-refractivity contribution in [2.24, 2.45) is 0 Å². The zero-order valence-electron chi connectivity index (χ0n) is 10.2. The summed E-state index contributed by atoms with van der Waals surface area (Å²) < 4.78 is 13.7. The quantitative estimate of drug-likeness (QED) is 0.589. The van der Waals surface area contributed by atoms with Crippen LogP contribution in [0.5, 0.6) is 0 Å². The van der Waals surface area contributed by atoms with Crippen LogP contribution in [-0.2, 0) is 9.36 Å². The lowest BCUT2D eigenvalue weighted by Crippen LogP contribution is -2.27. The predicted molar refractivity (Wildman–Crippen MR) is 70.2 cm³/mol. The van der Waals surface area contributed by atoms with E-state index in [-0.39, 0.29) is 17.6 Å². The molecule has 0 aromatic carbocycles. The van der Waals surface area contributed by atoms with Crippen molar-refractivity contribution >= 4 is 23.9 Å². The van der Waals surface area contributed by atoms with Gasteiger partial charge in [-0.05, 0) is 13.5 Å². The topological polar surface area (TPSA) is 49.4 Å². The second kappa shape index (κ2) is 7.01. The summed E-state index contributed by atoms with van der Waals surface area (Å²) in [5, 5.41) is 2.96. The molecule has 6 heteroatoms. The third kappa shape index (κ3) is 4.21. The monoisotopic (exact) mass is 262 g/mol. The van der Waals surface area contributed by atoms with Crippen LogP contribution in [0.4, 0.5) is 0 Å². The highest BCUT2D eigenvalue weighted by Gasteiger charge is 2.31. The summed E-state index contributed by atoms with van der Waals surface area (Å²) in [6, 6.07) is 0. The van der Waals surface area contributed by atoms with Crippen molar-refractivity contribution in [3.8, 4) is 12.3 Å². The molecule has 0 radical (unpaired) electrons. The number of carbonyl (C=O) groups excluding carboxylic acids is 1. The maximum absolute atomic E-state index is 12.5. The second-order valence-corrected chi connectivity index (χ2v) is 8.59. The summed E-state index contributed by atoms with van der Waals surface area (Å²) in [4.78, 5) is 11.6. The molecule has 0 aromatic rings. The van der Waals surface area contributed by atoms with E-state index in [0.717, 1.165) is 6.42 Å². The van der Waals surface area contributed by atoms with Gasteiger partial charge in [0.05, 0.1) is 6.42 Å². The van der Waals surface area contributed by atoms with Gasteiger partial charge in [0.25, 0.3) is 6.65 Å². The van der Waals surface area contributed by atoms with Crippen LogP contribution in [0.25, 0.3) is 0 Å². The summed E-state index contributed by atoms with van der Waals surface area (Å²) in [6.45, 7) is 1.10. The van der Waals surface area contributed by atoms with Crippen LogP contribution >= 0.6 is 18.0 Å². The second-order valence-electron chi connectivity index (χ2n) is 3.37. The molecule has 4 nitrogen and oxygen atoms in total. The van der Waals surface area contributed by atoms with E-state index in [0.29, 0.717) is 0 Å². The van der Waals surface area contributed by atoms with Gasteiger partial charge in [-0.1, -0.05) is 31.1 Å². The molecule has 0 aliphatic heterocycles. The van der Waals surface area contributed by atoms with Crippen LogP contribution in [0.1, 0.15) is 26.7 Å². The molecule has 0 spiro atoms. The van der Waals surface area contributed by atoms with Gasteiger partial charge in [0.1, 0.15) is 0 Å².